The Hall–Kier alpha value is -1.35. The number of thiazole rings is 1. The molecule has 0 spiro atoms. The van der Waals surface area contributed by atoms with E-state index >= 15 is 0 Å². The first-order chi connectivity index (χ1) is 8.33. The molecule has 0 saturated carbocycles. The molecule has 0 saturated heterocycles. The van der Waals surface area contributed by atoms with Crippen molar-refractivity contribution in [1.82, 2.24) is 4.98 Å². The Balaban J connectivity index is 2.11. The van der Waals surface area contributed by atoms with Crippen molar-refractivity contribution < 1.29 is 0 Å². The molecule has 90 valence electrons. The number of nitrogens with zero attached hydrogens (tertiary/aromatic N) is 1. The molecule has 0 radical (unpaired) electrons. The van der Waals surface area contributed by atoms with Gasteiger partial charge in [-0.05, 0) is 24.0 Å². The lowest BCUT2D eigenvalue weighted by atomic mass is 10.0. The van der Waals surface area contributed by atoms with Gasteiger partial charge in [0.15, 0.2) is 5.13 Å². The normalized spacial score (nSPS) is 12.4. The average molecular weight is 246 g/mol. The molecule has 2 aromatic rings. The molecule has 0 amide bonds. The Morgan fingerprint density at radius 1 is 1.24 bits per heavy atom. The summed E-state index contributed by atoms with van der Waals surface area (Å²) in [6.07, 6.45) is 3.99. The summed E-state index contributed by atoms with van der Waals surface area (Å²) in [5.74, 6) is 0. The average Bonchev–Trinajstić information content (AvgIpc) is 2.89. The van der Waals surface area contributed by atoms with E-state index in [4.69, 9.17) is 0 Å². The molecule has 1 aromatic heterocycles. The second-order valence-corrected chi connectivity index (χ2v) is 4.93. The van der Waals surface area contributed by atoms with Gasteiger partial charge in [0.1, 0.15) is 0 Å². The largest absolute Gasteiger partial charge is 0.355 e. The predicted molar refractivity (Wildman–Crippen MR) is 74.6 cm³/mol. The topological polar surface area (TPSA) is 24.9 Å². The van der Waals surface area contributed by atoms with Crippen LogP contribution in [0.5, 0.6) is 0 Å². The maximum absolute atomic E-state index is 4.27. The number of benzene rings is 1. The molecule has 0 aliphatic carbocycles. The van der Waals surface area contributed by atoms with Gasteiger partial charge < -0.3 is 5.32 Å². The summed E-state index contributed by atoms with van der Waals surface area (Å²) in [6, 6.07) is 9.21. The third kappa shape index (κ3) is 3.07. The second kappa shape index (κ2) is 5.82. The molecule has 0 fully saturated rings. The highest BCUT2D eigenvalue weighted by Crippen LogP contribution is 2.24. The summed E-state index contributed by atoms with van der Waals surface area (Å²) in [5.41, 5.74) is 2.72. The Kier molecular flexibility index (Phi) is 4.15. The fraction of sp³-hybridized carbons (Fsp3) is 0.357. The van der Waals surface area contributed by atoms with Crippen LogP contribution in [-0.2, 0) is 6.42 Å². The minimum absolute atomic E-state index is 0.354. The summed E-state index contributed by atoms with van der Waals surface area (Å²) < 4.78 is 0. The minimum Gasteiger partial charge on any atom is -0.355 e. The molecule has 1 heterocycles. The first-order valence-electron chi connectivity index (χ1n) is 6.08. The molecule has 1 N–H and O–H groups in total. The van der Waals surface area contributed by atoms with Gasteiger partial charge in [-0.25, -0.2) is 4.98 Å². The smallest absolute Gasteiger partial charge is 0.183 e. The summed E-state index contributed by atoms with van der Waals surface area (Å²) in [6.45, 7) is 4.37. The Bertz CT molecular complexity index is 434. The van der Waals surface area contributed by atoms with Gasteiger partial charge in [-0.15, -0.1) is 11.3 Å². The van der Waals surface area contributed by atoms with E-state index in [1.54, 1.807) is 11.3 Å². The fourth-order valence-electron chi connectivity index (χ4n) is 1.85. The molecule has 2 rings (SSSR count). The van der Waals surface area contributed by atoms with Crippen molar-refractivity contribution in [3.8, 4) is 0 Å². The van der Waals surface area contributed by atoms with Gasteiger partial charge in [-0.2, -0.15) is 0 Å². The van der Waals surface area contributed by atoms with Crippen molar-refractivity contribution in [3.63, 3.8) is 0 Å². The highest BCUT2D eigenvalue weighted by molar-refractivity contribution is 7.13. The van der Waals surface area contributed by atoms with Crippen LogP contribution in [0.3, 0.4) is 0 Å². The van der Waals surface area contributed by atoms with E-state index in [-0.39, 0.29) is 0 Å². The van der Waals surface area contributed by atoms with E-state index < -0.39 is 0 Å². The van der Waals surface area contributed by atoms with E-state index in [9.17, 15) is 0 Å². The van der Waals surface area contributed by atoms with Crippen molar-refractivity contribution in [2.45, 2.75) is 32.7 Å². The standard InChI is InChI=1S/C14H18N2S/c1-3-11-5-7-12(8-6-11)13(4-2)16-14-15-9-10-17-14/h5-10,13H,3-4H2,1-2H3,(H,15,16). The summed E-state index contributed by atoms with van der Waals surface area (Å²) in [7, 11) is 0. The van der Waals surface area contributed by atoms with Gasteiger partial charge in [0.2, 0.25) is 0 Å². The van der Waals surface area contributed by atoms with E-state index in [1.807, 2.05) is 11.6 Å². The van der Waals surface area contributed by atoms with Crippen molar-refractivity contribution in [2.24, 2.45) is 0 Å². The van der Waals surface area contributed by atoms with Gasteiger partial charge in [-0.3, -0.25) is 0 Å². The third-order valence-corrected chi connectivity index (χ3v) is 3.63. The predicted octanol–water partition coefficient (Wildman–Crippen LogP) is 4.27. The molecule has 0 bridgehead atoms. The van der Waals surface area contributed by atoms with E-state index in [2.05, 4.69) is 48.4 Å². The van der Waals surface area contributed by atoms with Crippen LogP contribution in [0.25, 0.3) is 0 Å². The summed E-state index contributed by atoms with van der Waals surface area (Å²) in [5, 5.41) is 6.46. The van der Waals surface area contributed by atoms with E-state index in [0.29, 0.717) is 6.04 Å². The number of aryl methyl sites for hydroxylation is 1. The van der Waals surface area contributed by atoms with E-state index in [1.165, 1.54) is 11.1 Å². The van der Waals surface area contributed by atoms with Crippen LogP contribution in [0, 0.1) is 0 Å². The maximum Gasteiger partial charge on any atom is 0.183 e. The number of nitrogens with one attached hydrogen (secondary N) is 1. The highest BCUT2D eigenvalue weighted by Gasteiger charge is 2.09. The molecule has 17 heavy (non-hydrogen) atoms. The Labute approximate surface area is 107 Å². The quantitative estimate of drug-likeness (QED) is 0.852. The van der Waals surface area contributed by atoms with Gasteiger partial charge >= 0.3 is 0 Å². The van der Waals surface area contributed by atoms with Gasteiger partial charge in [0.05, 0.1) is 6.04 Å². The SMILES string of the molecule is CCc1ccc(C(CC)Nc2nccs2)cc1. The van der Waals surface area contributed by atoms with Crippen molar-refractivity contribution in [3.05, 3.63) is 47.0 Å². The number of hydrogen-bond donors (Lipinski definition) is 1. The molecule has 1 atom stereocenters. The van der Waals surface area contributed by atoms with Gasteiger partial charge in [0, 0.05) is 11.6 Å². The van der Waals surface area contributed by atoms with Gasteiger partial charge in [0.25, 0.3) is 0 Å². The number of aromatic nitrogens is 1. The molecule has 3 heteroatoms. The van der Waals surface area contributed by atoms with Crippen LogP contribution in [0.1, 0.15) is 37.4 Å². The van der Waals surface area contributed by atoms with Crippen LogP contribution in [0.2, 0.25) is 0 Å². The van der Waals surface area contributed by atoms with E-state index in [0.717, 1.165) is 18.0 Å². The van der Waals surface area contributed by atoms with Crippen LogP contribution in [0.4, 0.5) is 5.13 Å². The monoisotopic (exact) mass is 246 g/mol. The third-order valence-electron chi connectivity index (χ3n) is 2.93. The van der Waals surface area contributed by atoms with Crippen LogP contribution in [-0.4, -0.2) is 4.98 Å². The summed E-state index contributed by atoms with van der Waals surface area (Å²) >= 11 is 1.65. The fourth-order valence-corrected chi connectivity index (χ4v) is 2.43. The lowest BCUT2D eigenvalue weighted by molar-refractivity contribution is 0.747. The minimum atomic E-state index is 0.354. The van der Waals surface area contributed by atoms with Crippen LogP contribution < -0.4 is 5.32 Å². The molecular formula is C14H18N2S. The van der Waals surface area contributed by atoms with Crippen molar-refractivity contribution in [2.75, 3.05) is 5.32 Å². The number of rotatable bonds is 5. The zero-order valence-electron chi connectivity index (χ0n) is 10.3. The molecule has 1 aromatic carbocycles. The zero-order valence-corrected chi connectivity index (χ0v) is 11.1. The first kappa shape index (κ1) is 12.1. The molecule has 1 unspecified atom stereocenters. The molecular weight excluding hydrogens is 228 g/mol. The Morgan fingerprint density at radius 3 is 2.53 bits per heavy atom. The summed E-state index contributed by atoms with van der Waals surface area (Å²) in [4.78, 5) is 4.27. The number of anilines is 1. The lowest BCUT2D eigenvalue weighted by Crippen LogP contribution is -2.09. The van der Waals surface area contributed by atoms with Crippen molar-refractivity contribution in [1.29, 1.82) is 0 Å². The molecule has 0 aliphatic heterocycles. The molecule has 2 nitrogen and oxygen atoms in total. The Morgan fingerprint density at radius 2 is 2.00 bits per heavy atom. The van der Waals surface area contributed by atoms with Crippen LogP contribution >= 0.6 is 11.3 Å². The zero-order chi connectivity index (χ0) is 12.1. The second-order valence-electron chi connectivity index (χ2n) is 4.04. The first-order valence-corrected chi connectivity index (χ1v) is 6.96. The van der Waals surface area contributed by atoms with Crippen molar-refractivity contribution >= 4 is 16.5 Å². The highest BCUT2D eigenvalue weighted by atomic mass is 32.1. The number of hydrogen-bond acceptors (Lipinski definition) is 3. The lowest BCUT2D eigenvalue weighted by Gasteiger charge is -2.17. The van der Waals surface area contributed by atoms with Crippen LogP contribution in [0.15, 0.2) is 35.8 Å². The maximum atomic E-state index is 4.27. The van der Waals surface area contributed by atoms with Gasteiger partial charge in [-0.1, -0.05) is 38.1 Å². The molecule has 0 aliphatic rings.